The molecule has 0 saturated heterocycles. The molecular formula is C15H19Br2NO. The lowest BCUT2D eigenvalue weighted by Gasteiger charge is -2.29. The van der Waals surface area contributed by atoms with Gasteiger partial charge >= 0.3 is 0 Å². The number of amides is 1. The Morgan fingerprint density at radius 2 is 2.16 bits per heavy atom. The molecular weight excluding hydrogens is 370 g/mol. The van der Waals surface area contributed by atoms with Crippen molar-refractivity contribution in [2.24, 2.45) is 5.92 Å². The Bertz CT molecular complexity index is 461. The molecule has 0 bridgehead atoms. The first-order chi connectivity index (χ1) is 9.10. The van der Waals surface area contributed by atoms with Crippen LogP contribution in [-0.4, -0.2) is 11.9 Å². The molecule has 0 spiro atoms. The minimum atomic E-state index is 0.0288. The Hall–Kier alpha value is -0.350. The molecule has 2 nitrogen and oxygen atoms in total. The lowest BCUT2D eigenvalue weighted by atomic mass is 9.84. The average Bonchev–Trinajstić information content (AvgIpc) is 2.38. The molecule has 1 aliphatic carbocycles. The molecule has 1 N–H and O–H groups in total. The summed E-state index contributed by atoms with van der Waals surface area (Å²) in [4.78, 5) is 12.3. The molecule has 4 heteroatoms. The minimum absolute atomic E-state index is 0.0288. The molecule has 1 aliphatic rings. The van der Waals surface area contributed by atoms with Crippen molar-refractivity contribution in [1.82, 2.24) is 5.32 Å². The molecule has 0 aliphatic heterocycles. The van der Waals surface area contributed by atoms with Gasteiger partial charge in [0.1, 0.15) is 0 Å². The van der Waals surface area contributed by atoms with Crippen molar-refractivity contribution >= 4 is 37.8 Å². The first-order valence-electron chi connectivity index (χ1n) is 6.86. The molecule has 0 aromatic heterocycles. The molecule has 0 radical (unpaired) electrons. The van der Waals surface area contributed by atoms with Gasteiger partial charge in [0.25, 0.3) is 5.91 Å². The molecule has 104 valence electrons. The van der Waals surface area contributed by atoms with Crippen molar-refractivity contribution in [2.75, 3.05) is 0 Å². The van der Waals surface area contributed by atoms with E-state index in [-0.39, 0.29) is 5.91 Å². The van der Waals surface area contributed by atoms with Gasteiger partial charge in [0.05, 0.1) is 5.56 Å². The fraction of sp³-hybridized carbons (Fsp3) is 0.533. The van der Waals surface area contributed by atoms with Crippen LogP contribution in [0.3, 0.4) is 0 Å². The van der Waals surface area contributed by atoms with E-state index in [1.807, 2.05) is 18.2 Å². The topological polar surface area (TPSA) is 29.1 Å². The van der Waals surface area contributed by atoms with Gasteiger partial charge in [0.2, 0.25) is 0 Å². The Labute approximate surface area is 131 Å². The molecule has 1 fully saturated rings. The van der Waals surface area contributed by atoms with Crippen molar-refractivity contribution in [2.45, 2.75) is 45.1 Å². The van der Waals surface area contributed by atoms with Crippen molar-refractivity contribution < 1.29 is 4.79 Å². The van der Waals surface area contributed by atoms with Crippen LogP contribution in [0.2, 0.25) is 0 Å². The summed E-state index contributed by atoms with van der Waals surface area (Å²) in [6.07, 6.45) is 5.98. The number of benzene rings is 1. The van der Waals surface area contributed by atoms with Gasteiger partial charge in [-0.25, -0.2) is 0 Å². The second-order valence-corrected chi connectivity index (χ2v) is 7.01. The third-order valence-corrected chi connectivity index (χ3v) is 5.02. The zero-order valence-corrected chi connectivity index (χ0v) is 14.3. The van der Waals surface area contributed by atoms with E-state index in [0.717, 1.165) is 27.7 Å². The van der Waals surface area contributed by atoms with E-state index in [9.17, 15) is 4.79 Å². The number of hydrogen-bond acceptors (Lipinski definition) is 1. The Balaban J connectivity index is 2.00. The van der Waals surface area contributed by atoms with E-state index in [0.29, 0.717) is 11.6 Å². The Kier molecular flexibility index (Phi) is 5.46. The summed E-state index contributed by atoms with van der Waals surface area (Å²) < 4.78 is 1.81. The standard InChI is InChI=1S/C15H19Br2NO/c1-2-10-4-3-5-12(8-10)18-15(19)13-7-6-11(16)9-14(13)17/h6-7,9-10,12H,2-5,8H2,1H3,(H,18,19). The van der Waals surface area contributed by atoms with Crippen LogP contribution in [0.25, 0.3) is 0 Å². The predicted octanol–water partition coefficient (Wildman–Crippen LogP) is 4.91. The largest absolute Gasteiger partial charge is 0.349 e. The van der Waals surface area contributed by atoms with Crippen LogP contribution in [0.15, 0.2) is 27.1 Å². The van der Waals surface area contributed by atoms with E-state index in [4.69, 9.17) is 0 Å². The Morgan fingerprint density at radius 1 is 1.37 bits per heavy atom. The van der Waals surface area contributed by atoms with Crippen molar-refractivity contribution in [3.05, 3.63) is 32.7 Å². The van der Waals surface area contributed by atoms with Gasteiger partial charge in [-0.2, -0.15) is 0 Å². The quantitative estimate of drug-likeness (QED) is 0.782. The highest BCUT2D eigenvalue weighted by Gasteiger charge is 2.23. The van der Waals surface area contributed by atoms with Gasteiger partial charge in [-0.3, -0.25) is 4.79 Å². The molecule has 1 aromatic rings. The van der Waals surface area contributed by atoms with Crippen LogP contribution in [0.5, 0.6) is 0 Å². The number of carbonyl (C=O) groups excluding carboxylic acids is 1. The molecule has 0 heterocycles. The zero-order chi connectivity index (χ0) is 13.8. The van der Waals surface area contributed by atoms with Gasteiger partial charge in [0, 0.05) is 15.0 Å². The lowest BCUT2D eigenvalue weighted by Crippen LogP contribution is -2.38. The fourth-order valence-electron chi connectivity index (χ4n) is 2.73. The summed E-state index contributed by atoms with van der Waals surface area (Å²) in [5.41, 5.74) is 0.710. The van der Waals surface area contributed by atoms with E-state index >= 15 is 0 Å². The van der Waals surface area contributed by atoms with Gasteiger partial charge in [-0.1, -0.05) is 42.1 Å². The smallest absolute Gasteiger partial charge is 0.252 e. The molecule has 2 rings (SSSR count). The van der Waals surface area contributed by atoms with Crippen LogP contribution in [-0.2, 0) is 0 Å². The zero-order valence-electron chi connectivity index (χ0n) is 11.1. The molecule has 1 amide bonds. The summed E-state index contributed by atoms with van der Waals surface area (Å²) in [6, 6.07) is 5.99. The fourth-order valence-corrected chi connectivity index (χ4v) is 3.96. The van der Waals surface area contributed by atoms with Crippen LogP contribution < -0.4 is 5.32 Å². The number of carbonyl (C=O) groups is 1. The molecule has 19 heavy (non-hydrogen) atoms. The molecule has 1 aromatic carbocycles. The molecule has 2 unspecified atom stereocenters. The molecule has 2 atom stereocenters. The summed E-state index contributed by atoms with van der Waals surface area (Å²) in [5.74, 6) is 0.800. The van der Waals surface area contributed by atoms with Crippen LogP contribution >= 0.6 is 31.9 Å². The first kappa shape index (κ1) is 15.0. The van der Waals surface area contributed by atoms with Gasteiger partial charge in [-0.15, -0.1) is 0 Å². The van der Waals surface area contributed by atoms with E-state index in [1.54, 1.807) is 0 Å². The number of hydrogen-bond donors (Lipinski definition) is 1. The van der Waals surface area contributed by atoms with Crippen LogP contribution in [0.4, 0.5) is 0 Å². The lowest BCUT2D eigenvalue weighted by molar-refractivity contribution is 0.0918. The summed E-state index contributed by atoms with van der Waals surface area (Å²) in [6.45, 7) is 2.24. The van der Waals surface area contributed by atoms with Gasteiger partial charge < -0.3 is 5.32 Å². The highest BCUT2D eigenvalue weighted by molar-refractivity contribution is 9.11. The van der Waals surface area contributed by atoms with Crippen LogP contribution in [0.1, 0.15) is 49.4 Å². The van der Waals surface area contributed by atoms with Gasteiger partial charge in [-0.05, 0) is 52.9 Å². The predicted molar refractivity (Wildman–Crippen MR) is 85.3 cm³/mol. The molecule has 1 saturated carbocycles. The second-order valence-electron chi connectivity index (χ2n) is 5.24. The van der Waals surface area contributed by atoms with E-state index < -0.39 is 0 Å². The highest BCUT2D eigenvalue weighted by atomic mass is 79.9. The highest BCUT2D eigenvalue weighted by Crippen LogP contribution is 2.27. The average molecular weight is 389 g/mol. The maximum Gasteiger partial charge on any atom is 0.252 e. The van der Waals surface area contributed by atoms with Crippen molar-refractivity contribution in [1.29, 1.82) is 0 Å². The summed E-state index contributed by atoms with van der Waals surface area (Å²) >= 11 is 6.85. The summed E-state index contributed by atoms with van der Waals surface area (Å²) in [5, 5.41) is 3.18. The maximum atomic E-state index is 12.3. The minimum Gasteiger partial charge on any atom is -0.349 e. The maximum absolute atomic E-state index is 12.3. The SMILES string of the molecule is CCC1CCCC(NC(=O)c2ccc(Br)cc2Br)C1. The third-order valence-electron chi connectivity index (χ3n) is 3.87. The Morgan fingerprint density at radius 3 is 2.84 bits per heavy atom. The summed E-state index contributed by atoms with van der Waals surface area (Å²) in [7, 11) is 0. The normalized spacial score (nSPS) is 23.1. The number of nitrogens with one attached hydrogen (secondary N) is 1. The van der Waals surface area contributed by atoms with Crippen molar-refractivity contribution in [3.8, 4) is 0 Å². The second kappa shape index (κ2) is 6.89. The monoisotopic (exact) mass is 387 g/mol. The number of halogens is 2. The van der Waals surface area contributed by atoms with Gasteiger partial charge in [0.15, 0.2) is 0 Å². The first-order valence-corrected chi connectivity index (χ1v) is 8.44. The number of rotatable bonds is 3. The van der Waals surface area contributed by atoms with E-state index in [1.165, 1.54) is 19.3 Å². The van der Waals surface area contributed by atoms with Crippen molar-refractivity contribution in [3.63, 3.8) is 0 Å². The van der Waals surface area contributed by atoms with E-state index in [2.05, 4.69) is 44.1 Å². The third kappa shape index (κ3) is 4.06. The van der Waals surface area contributed by atoms with Crippen LogP contribution in [0, 0.1) is 5.92 Å².